The fraction of sp³-hybridized carbons (Fsp3) is 0.308. The Morgan fingerprint density at radius 2 is 1.62 bits per heavy atom. The van der Waals surface area contributed by atoms with E-state index in [-0.39, 0.29) is 11.8 Å². The molecule has 32 heavy (non-hydrogen) atoms. The second-order valence-corrected chi connectivity index (χ2v) is 8.69. The molecule has 0 saturated heterocycles. The van der Waals surface area contributed by atoms with Gasteiger partial charge in [0.25, 0.3) is 11.8 Å². The van der Waals surface area contributed by atoms with Crippen LogP contribution in [0.5, 0.6) is 0 Å². The molecule has 1 heterocycles. The number of carbonyl (C=O) groups is 2. The first-order chi connectivity index (χ1) is 15.6. The Morgan fingerprint density at radius 1 is 0.875 bits per heavy atom. The highest BCUT2D eigenvalue weighted by atomic mass is 32.1. The van der Waals surface area contributed by atoms with E-state index in [9.17, 15) is 9.59 Å². The van der Waals surface area contributed by atoms with E-state index in [2.05, 4.69) is 47.6 Å². The van der Waals surface area contributed by atoms with Crippen molar-refractivity contribution in [3.05, 3.63) is 87.6 Å². The predicted octanol–water partition coefficient (Wildman–Crippen LogP) is 5.55. The molecule has 0 aliphatic rings. The number of nitrogens with zero attached hydrogens (tertiary/aromatic N) is 1. The van der Waals surface area contributed by atoms with Gasteiger partial charge in [-0.2, -0.15) is 0 Å². The Bertz CT molecular complexity index is 1010. The van der Waals surface area contributed by atoms with Crippen molar-refractivity contribution in [3.8, 4) is 0 Å². The van der Waals surface area contributed by atoms with Gasteiger partial charge in [-0.05, 0) is 66.7 Å². The van der Waals surface area contributed by atoms with Gasteiger partial charge in [0.2, 0.25) is 0 Å². The maximum absolute atomic E-state index is 12.8. The van der Waals surface area contributed by atoms with E-state index in [0.717, 1.165) is 38.0 Å². The molecule has 0 fully saturated rings. The number of nitrogens with one attached hydrogen (secondary N) is 2. The number of hydrogen-bond donors (Lipinski definition) is 2. The van der Waals surface area contributed by atoms with Crippen molar-refractivity contribution in [1.82, 2.24) is 10.2 Å². The van der Waals surface area contributed by atoms with Gasteiger partial charge in [0.15, 0.2) is 0 Å². The van der Waals surface area contributed by atoms with Crippen LogP contribution in [0.15, 0.2) is 66.0 Å². The summed E-state index contributed by atoms with van der Waals surface area (Å²) in [6.45, 7) is 7.89. The van der Waals surface area contributed by atoms with Crippen molar-refractivity contribution in [3.63, 3.8) is 0 Å². The van der Waals surface area contributed by atoms with Crippen LogP contribution in [-0.4, -0.2) is 29.8 Å². The molecule has 168 valence electrons. The normalized spacial score (nSPS) is 10.8. The van der Waals surface area contributed by atoms with Crippen molar-refractivity contribution in [2.24, 2.45) is 0 Å². The van der Waals surface area contributed by atoms with E-state index in [1.54, 1.807) is 30.3 Å². The van der Waals surface area contributed by atoms with Crippen LogP contribution in [-0.2, 0) is 13.1 Å². The van der Waals surface area contributed by atoms with E-state index < -0.39 is 0 Å². The SMILES string of the molecule is CCCN(CCC)Cc1ccccc1CNC(=O)c1cccc(NC(=O)c2cccs2)c1. The van der Waals surface area contributed by atoms with Gasteiger partial charge in [0, 0.05) is 24.3 Å². The zero-order valence-corrected chi connectivity index (χ0v) is 19.6. The minimum Gasteiger partial charge on any atom is -0.348 e. The Morgan fingerprint density at radius 3 is 2.31 bits per heavy atom. The first-order valence-corrected chi connectivity index (χ1v) is 12.0. The van der Waals surface area contributed by atoms with Gasteiger partial charge in [-0.25, -0.2) is 0 Å². The van der Waals surface area contributed by atoms with E-state index in [4.69, 9.17) is 0 Å². The summed E-state index contributed by atoms with van der Waals surface area (Å²) in [6, 6.07) is 18.9. The zero-order chi connectivity index (χ0) is 22.8. The summed E-state index contributed by atoms with van der Waals surface area (Å²) < 4.78 is 0. The average Bonchev–Trinajstić information content (AvgIpc) is 3.34. The van der Waals surface area contributed by atoms with Gasteiger partial charge >= 0.3 is 0 Å². The van der Waals surface area contributed by atoms with Crippen LogP contribution < -0.4 is 10.6 Å². The number of amides is 2. The molecule has 3 aromatic rings. The average molecular weight is 450 g/mol. The Labute approximate surface area is 194 Å². The van der Waals surface area contributed by atoms with E-state index in [0.29, 0.717) is 22.7 Å². The van der Waals surface area contributed by atoms with Gasteiger partial charge in [-0.3, -0.25) is 14.5 Å². The number of hydrogen-bond acceptors (Lipinski definition) is 4. The minimum atomic E-state index is -0.171. The molecule has 1 aromatic heterocycles. The molecular formula is C26H31N3O2S. The lowest BCUT2D eigenvalue weighted by Gasteiger charge is -2.22. The molecule has 0 atom stereocenters. The Kier molecular flexibility index (Phi) is 9.01. The Balaban J connectivity index is 1.63. The number of benzene rings is 2. The van der Waals surface area contributed by atoms with Crippen molar-refractivity contribution in [2.45, 2.75) is 39.8 Å². The number of anilines is 1. The van der Waals surface area contributed by atoms with Crippen LogP contribution >= 0.6 is 11.3 Å². The van der Waals surface area contributed by atoms with E-state index in [1.807, 2.05) is 17.5 Å². The summed E-state index contributed by atoms with van der Waals surface area (Å²) in [6.07, 6.45) is 2.25. The van der Waals surface area contributed by atoms with Crippen molar-refractivity contribution < 1.29 is 9.59 Å². The van der Waals surface area contributed by atoms with Gasteiger partial charge in [-0.15, -0.1) is 11.3 Å². The third-order valence-electron chi connectivity index (χ3n) is 5.16. The van der Waals surface area contributed by atoms with Crippen LogP contribution in [0, 0.1) is 0 Å². The van der Waals surface area contributed by atoms with Crippen LogP contribution in [0.4, 0.5) is 5.69 Å². The van der Waals surface area contributed by atoms with E-state index >= 15 is 0 Å². The summed E-state index contributed by atoms with van der Waals surface area (Å²) in [5.41, 5.74) is 3.49. The lowest BCUT2D eigenvalue weighted by molar-refractivity contribution is 0.0949. The largest absolute Gasteiger partial charge is 0.348 e. The highest BCUT2D eigenvalue weighted by Gasteiger charge is 2.12. The molecule has 2 N–H and O–H groups in total. The second kappa shape index (κ2) is 12.2. The third-order valence-corrected chi connectivity index (χ3v) is 6.03. The zero-order valence-electron chi connectivity index (χ0n) is 18.8. The minimum absolute atomic E-state index is 0.161. The van der Waals surface area contributed by atoms with Crippen molar-refractivity contribution >= 4 is 28.8 Å². The molecule has 5 nitrogen and oxygen atoms in total. The molecular weight excluding hydrogens is 418 g/mol. The molecule has 2 amide bonds. The maximum Gasteiger partial charge on any atom is 0.265 e. The smallest absolute Gasteiger partial charge is 0.265 e. The molecule has 0 saturated carbocycles. The summed E-state index contributed by atoms with van der Waals surface area (Å²) in [5, 5.41) is 7.75. The second-order valence-electron chi connectivity index (χ2n) is 7.74. The predicted molar refractivity (Wildman–Crippen MR) is 132 cm³/mol. The molecule has 0 spiro atoms. The Hall–Kier alpha value is -2.96. The van der Waals surface area contributed by atoms with Crippen LogP contribution in [0.3, 0.4) is 0 Å². The summed E-state index contributed by atoms with van der Waals surface area (Å²) >= 11 is 1.38. The lowest BCUT2D eigenvalue weighted by Crippen LogP contribution is -2.27. The van der Waals surface area contributed by atoms with Crippen LogP contribution in [0.2, 0.25) is 0 Å². The summed E-state index contributed by atoms with van der Waals surface area (Å²) in [7, 11) is 0. The lowest BCUT2D eigenvalue weighted by atomic mass is 10.1. The molecule has 2 aromatic carbocycles. The van der Waals surface area contributed by atoms with Gasteiger partial charge in [0.05, 0.1) is 4.88 Å². The third kappa shape index (κ3) is 6.77. The molecule has 0 radical (unpaired) electrons. The van der Waals surface area contributed by atoms with Crippen LogP contribution in [0.1, 0.15) is 57.8 Å². The number of carbonyl (C=O) groups excluding carboxylic acids is 2. The highest BCUT2D eigenvalue weighted by molar-refractivity contribution is 7.12. The van der Waals surface area contributed by atoms with Crippen LogP contribution in [0.25, 0.3) is 0 Å². The van der Waals surface area contributed by atoms with Gasteiger partial charge in [-0.1, -0.05) is 50.2 Å². The molecule has 6 heteroatoms. The van der Waals surface area contributed by atoms with Gasteiger partial charge in [0.1, 0.15) is 0 Å². The quantitative estimate of drug-likeness (QED) is 0.403. The molecule has 3 rings (SSSR count). The molecule has 0 bridgehead atoms. The fourth-order valence-corrected chi connectivity index (χ4v) is 4.26. The van der Waals surface area contributed by atoms with E-state index in [1.165, 1.54) is 16.9 Å². The standard InChI is InChI=1S/C26H31N3O2S/c1-3-14-29(15-4-2)19-22-10-6-5-9-21(22)18-27-25(30)20-11-7-12-23(17-20)28-26(31)24-13-8-16-32-24/h5-13,16-17H,3-4,14-15,18-19H2,1-2H3,(H,27,30)(H,28,31). The number of thiophene rings is 1. The molecule has 0 unspecified atom stereocenters. The maximum atomic E-state index is 12.8. The van der Waals surface area contributed by atoms with Crippen molar-refractivity contribution in [2.75, 3.05) is 18.4 Å². The molecule has 0 aliphatic carbocycles. The highest BCUT2D eigenvalue weighted by Crippen LogP contribution is 2.16. The first kappa shape index (κ1) is 23.7. The first-order valence-electron chi connectivity index (χ1n) is 11.1. The topological polar surface area (TPSA) is 61.4 Å². The van der Waals surface area contributed by atoms with Crippen molar-refractivity contribution in [1.29, 1.82) is 0 Å². The fourth-order valence-electron chi connectivity index (χ4n) is 3.64. The summed E-state index contributed by atoms with van der Waals surface area (Å²) in [5.74, 6) is -0.332. The monoisotopic (exact) mass is 449 g/mol. The number of rotatable bonds is 11. The summed E-state index contributed by atoms with van der Waals surface area (Å²) in [4.78, 5) is 28.2. The molecule has 0 aliphatic heterocycles. The van der Waals surface area contributed by atoms with Gasteiger partial charge < -0.3 is 10.6 Å².